The quantitative estimate of drug-likeness (QED) is 0.570. The highest BCUT2D eigenvalue weighted by molar-refractivity contribution is 6.15. The molecule has 2 aromatic rings. The van der Waals surface area contributed by atoms with Crippen LogP contribution < -0.4 is 0 Å². The molecule has 0 spiro atoms. The minimum atomic E-state index is 0.441. The molecule has 102 valence electrons. The van der Waals surface area contributed by atoms with Crippen LogP contribution in [0.25, 0.3) is 0 Å². The number of rotatable bonds is 7. The molecule has 0 saturated heterocycles. The Morgan fingerprint density at radius 3 is 1.45 bits per heavy atom. The van der Waals surface area contributed by atoms with E-state index in [0.29, 0.717) is 13.2 Å². The highest BCUT2D eigenvalue weighted by atomic mass is 16.6. The lowest BCUT2D eigenvalue weighted by Crippen LogP contribution is -1.89. The summed E-state index contributed by atoms with van der Waals surface area (Å²) in [6.45, 7) is 0.881. The predicted octanol–water partition coefficient (Wildman–Crippen LogP) is 3.39. The second kappa shape index (κ2) is 8.48. The van der Waals surface area contributed by atoms with E-state index in [9.17, 15) is 0 Å². The summed E-state index contributed by atoms with van der Waals surface area (Å²) in [5, 5.41) is 7.51. The molecular formula is C16H16N2O2. The van der Waals surface area contributed by atoms with Crippen LogP contribution in [0, 0.1) is 0 Å². The molecule has 0 heterocycles. The molecular weight excluding hydrogens is 252 g/mol. The van der Waals surface area contributed by atoms with Gasteiger partial charge in [-0.1, -0.05) is 71.0 Å². The Bertz CT molecular complexity index is 487. The third-order valence-corrected chi connectivity index (χ3v) is 2.49. The molecule has 0 aliphatic rings. The lowest BCUT2D eigenvalue weighted by atomic mass is 10.2. The molecule has 0 unspecified atom stereocenters. The molecule has 2 aromatic carbocycles. The Morgan fingerprint density at radius 2 is 1.05 bits per heavy atom. The Hall–Kier alpha value is -2.62. The van der Waals surface area contributed by atoms with Gasteiger partial charge in [-0.25, -0.2) is 0 Å². The normalized spacial score (nSPS) is 11.0. The van der Waals surface area contributed by atoms with Gasteiger partial charge in [0, 0.05) is 0 Å². The summed E-state index contributed by atoms with van der Waals surface area (Å²) >= 11 is 0. The first-order valence-electron chi connectivity index (χ1n) is 6.32. The minimum Gasteiger partial charge on any atom is -0.391 e. The summed E-state index contributed by atoms with van der Waals surface area (Å²) in [5.74, 6) is 0. The van der Waals surface area contributed by atoms with Gasteiger partial charge in [-0.3, -0.25) is 0 Å². The SMILES string of the molecule is C(/C=N\OCc1ccccc1)=N/OCc1ccccc1. The predicted molar refractivity (Wildman–Crippen MR) is 79.4 cm³/mol. The highest BCUT2D eigenvalue weighted by Gasteiger charge is 1.89. The number of nitrogens with zero attached hydrogens (tertiary/aromatic N) is 2. The Morgan fingerprint density at radius 1 is 0.650 bits per heavy atom. The van der Waals surface area contributed by atoms with Gasteiger partial charge in [-0.15, -0.1) is 0 Å². The second-order valence-electron chi connectivity index (χ2n) is 4.03. The van der Waals surface area contributed by atoms with Gasteiger partial charge >= 0.3 is 0 Å². The van der Waals surface area contributed by atoms with Crippen LogP contribution in [0.5, 0.6) is 0 Å². The molecule has 0 N–H and O–H groups in total. The molecule has 0 amide bonds. The van der Waals surface area contributed by atoms with Crippen molar-refractivity contribution in [2.75, 3.05) is 0 Å². The van der Waals surface area contributed by atoms with Crippen LogP contribution >= 0.6 is 0 Å². The first kappa shape index (κ1) is 13.8. The second-order valence-corrected chi connectivity index (χ2v) is 4.03. The van der Waals surface area contributed by atoms with Gasteiger partial charge in [0.05, 0.1) is 12.4 Å². The number of hydrogen-bond donors (Lipinski definition) is 0. The van der Waals surface area contributed by atoms with E-state index in [2.05, 4.69) is 10.3 Å². The largest absolute Gasteiger partial charge is 0.391 e. The van der Waals surface area contributed by atoms with Gasteiger partial charge in [0.15, 0.2) is 0 Å². The molecule has 0 saturated carbocycles. The van der Waals surface area contributed by atoms with Crippen molar-refractivity contribution in [3.05, 3.63) is 71.8 Å². The fourth-order valence-electron chi connectivity index (χ4n) is 1.51. The fourth-order valence-corrected chi connectivity index (χ4v) is 1.51. The minimum absolute atomic E-state index is 0.441. The summed E-state index contributed by atoms with van der Waals surface area (Å²) in [7, 11) is 0. The van der Waals surface area contributed by atoms with Crippen molar-refractivity contribution >= 4 is 12.4 Å². The van der Waals surface area contributed by atoms with Gasteiger partial charge < -0.3 is 9.68 Å². The van der Waals surface area contributed by atoms with Crippen molar-refractivity contribution in [3.63, 3.8) is 0 Å². The summed E-state index contributed by atoms with van der Waals surface area (Å²) in [4.78, 5) is 10.2. The molecule has 0 atom stereocenters. The monoisotopic (exact) mass is 268 g/mol. The van der Waals surface area contributed by atoms with Crippen molar-refractivity contribution in [3.8, 4) is 0 Å². The molecule has 4 nitrogen and oxygen atoms in total. The van der Waals surface area contributed by atoms with Crippen LogP contribution in [-0.4, -0.2) is 12.4 Å². The van der Waals surface area contributed by atoms with Crippen LogP contribution in [0.2, 0.25) is 0 Å². The van der Waals surface area contributed by atoms with Crippen molar-refractivity contribution in [1.82, 2.24) is 0 Å². The Labute approximate surface area is 118 Å². The number of oxime groups is 2. The Balaban J connectivity index is 1.60. The van der Waals surface area contributed by atoms with Crippen LogP contribution in [0.4, 0.5) is 0 Å². The van der Waals surface area contributed by atoms with Crippen LogP contribution in [0.15, 0.2) is 71.0 Å². The molecule has 0 aliphatic carbocycles. The van der Waals surface area contributed by atoms with E-state index in [4.69, 9.17) is 9.68 Å². The zero-order valence-corrected chi connectivity index (χ0v) is 11.1. The van der Waals surface area contributed by atoms with Gasteiger partial charge in [-0.05, 0) is 11.1 Å². The number of benzene rings is 2. The van der Waals surface area contributed by atoms with Crippen LogP contribution in [0.3, 0.4) is 0 Å². The van der Waals surface area contributed by atoms with E-state index in [-0.39, 0.29) is 0 Å². The summed E-state index contributed by atoms with van der Waals surface area (Å²) in [6, 6.07) is 19.7. The van der Waals surface area contributed by atoms with E-state index in [1.165, 1.54) is 12.4 Å². The molecule has 0 aromatic heterocycles. The third kappa shape index (κ3) is 5.35. The Kier molecular flexibility index (Phi) is 5.85. The first-order valence-corrected chi connectivity index (χ1v) is 6.32. The third-order valence-electron chi connectivity index (χ3n) is 2.49. The molecule has 0 bridgehead atoms. The average Bonchev–Trinajstić information content (AvgIpc) is 2.52. The van der Waals surface area contributed by atoms with Crippen molar-refractivity contribution < 1.29 is 9.68 Å². The maximum Gasteiger partial charge on any atom is 0.142 e. The molecule has 20 heavy (non-hydrogen) atoms. The topological polar surface area (TPSA) is 43.2 Å². The van der Waals surface area contributed by atoms with Gasteiger partial charge in [0.25, 0.3) is 0 Å². The van der Waals surface area contributed by atoms with E-state index >= 15 is 0 Å². The average molecular weight is 268 g/mol. The summed E-state index contributed by atoms with van der Waals surface area (Å²) < 4.78 is 0. The molecule has 2 rings (SSSR count). The summed E-state index contributed by atoms with van der Waals surface area (Å²) in [6.07, 6.45) is 2.90. The standard InChI is InChI=1S/C16H16N2O2/c1-3-7-15(8-4-1)13-19-17-11-12-18-20-14-16-9-5-2-6-10-16/h1-12H,13-14H2/b17-11-,18-12-. The van der Waals surface area contributed by atoms with E-state index in [1.807, 2.05) is 60.7 Å². The van der Waals surface area contributed by atoms with E-state index in [0.717, 1.165) is 11.1 Å². The molecule has 4 heteroatoms. The maximum absolute atomic E-state index is 5.11. The van der Waals surface area contributed by atoms with Crippen molar-refractivity contribution in [2.45, 2.75) is 13.2 Å². The van der Waals surface area contributed by atoms with Gasteiger partial charge in [0.1, 0.15) is 13.2 Å². The van der Waals surface area contributed by atoms with Crippen LogP contribution in [0.1, 0.15) is 11.1 Å². The van der Waals surface area contributed by atoms with E-state index in [1.54, 1.807) is 0 Å². The lowest BCUT2D eigenvalue weighted by Gasteiger charge is -1.98. The molecule has 0 aliphatic heterocycles. The van der Waals surface area contributed by atoms with Gasteiger partial charge in [0.2, 0.25) is 0 Å². The molecule has 0 fully saturated rings. The number of hydrogen-bond acceptors (Lipinski definition) is 4. The smallest absolute Gasteiger partial charge is 0.142 e. The summed E-state index contributed by atoms with van der Waals surface area (Å²) in [5.41, 5.74) is 2.14. The van der Waals surface area contributed by atoms with Crippen molar-refractivity contribution in [1.29, 1.82) is 0 Å². The lowest BCUT2D eigenvalue weighted by molar-refractivity contribution is 0.129. The highest BCUT2D eigenvalue weighted by Crippen LogP contribution is 2.00. The van der Waals surface area contributed by atoms with Gasteiger partial charge in [-0.2, -0.15) is 0 Å². The zero-order chi connectivity index (χ0) is 13.9. The van der Waals surface area contributed by atoms with Crippen molar-refractivity contribution in [2.24, 2.45) is 10.3 Å². The van der Waals surface area contributed by atoms with E-state index < -0.39 is 0 Å². The first-order chi connectivity index (χ1) is 9.95. The van der Waals surface area contributed by atoms with Crippen LogP contribution in [-0.2, 0) is 22.9 Å². The zero-order valence-electron chi connectivity index (χ0n) is 11.1. The fraction of sp³-hybridized carbons (Fsp3) is 0.125. The molecule has 0 radical (unpaired) electrons. The maximum atomic E-state index is 5.11.